The molecule has 30 heavy (non-hydrogen) atoms. The number of carbonyl (C=O) groups is 1. The van der Waals surface area contributed by atoms with Crippen LogP contribution < -0.4 is 5.32 Å². The number of nitrogens with zero attached hydrogens (tertiary/aromatic N) is 6. The highest BCUT2D eigenvalue weighted by molar-refractivity contribution is 5.90. The van der Waals surface area contributed by atoms with Gasteiger partial charge in [0.25, 0.3) is 0 Å². The van der Waals surface area contributed by atoms with E-state index < -0.39 is 0 Å². The molecule has 1 aromatic carbocycles. The van der Waals surface area contributed by atoms with Gasteiger partial charge in [-0.05, 0) is 55.7 Å². The second-order valence-corrected chi connectivity index (χ2v) is 7.71. The van der Waals surface area contributed by atoms with Crippen molar-refractivity contribution in [2.24, 2.45) is 7.05 Å². The molecule has 1 aliphatic heterocycles. The van der Waals surface area contributed by atoms with E-state index in [9.17, 15) is 4.79 Å². The third-order valence-electron chi connectivity index (χ3n) is 5.66. The number of aromatic nitrogens is 5. The topological polar surface area (TPSA) is 80.3 Å². The smallest absolute Gasteiger partial charge is 0.316 e. The van der Waals surface area contributed by atoms with Crippen LogP contribution in [-0.2, 0) is 7.05 Å². The monoisotopic (exact) mass is 401 g/mol. The van der Waals surface area contributed by atoms with E-state index in [1.165, 1.54) is 0 Å². The maximum absolute atomic E-state index is 13.0. The predicted octanol–water partition coefficient (Wildman–Crippen LogP) is 3.81. The number of nitrogens with one attached hydrogen (secondary N) is 1. The highest BCUT2D eigenvalue weighted by Crippen LogP contribution is 2.34. The van der Waals surface area contributed by atoms with Gasteiger partial charge in [-0.15, -0.1) is 5.10 Å². The zero-order chi connectivity index (χ0) is 20.7. The van der Waals surface area contributed by atoms with Crippen LogP contribution in [0.1, 0.15) is 30.1 Å². The van der Waals surface area contributed by atoms with Crippen molar-refractivity contribution in [3.05, 3.63) is 66.1 Å². The fourth-order valence-electron chi connectivity index (χ4n) is 4.17. The Morgan fingerprint density at radius 1 is 1.20 bits per heavy atom. The maximum Gasteiger partial charge on any atom is 0.322 e. The van der Waals surface area contributed by atoms with Crippen LogP contribution in [0.15, 0.2) is 54.9 Å². The van der Waals surface area contributed by atoms with Crippen LogP contribution in [-0.4, -0.2) is 42.1 Å². The van der Waals surface area contributed by atoms with Crippen molar-refractivity contribution in [3.63, 3.8) is 0 Å². The second kappa shape index (κ2) is 7.29. The van der Waals surface area contributed by atoms with Gasteiger partial charge in [-0.25, -0.2) is 9.31 Å². The van der Waals surface area contributed by atoms with Crippen molar-refractivity contribution < 1.29 is 4.79 Å². The Balaban J connectivity index is 1.42. The van der Waals surface area contributed by atoms with E-state index in [-0.39, 0.29) is 12.1 Å². The number of aryl methyl sites for hydroxylation is 2. The lowest BCUT2D eigenvalue weighted by Gasteiger charge is -2.23. The van der Waals surface area contributed by atoms with Crippen molar-refractivity contribution in [2.45, 2.75) is 25.8 Å². The number of fused-ring (bicyclic) bond motifs is 1. The number of benzene rings is 1. The highest BCUT2D eigenvalue weighted by atomic mass is 16.2. The Kier molecular flexibility index (Phi) is 4.46. The van der Waals surface area contributed by atoms with Gasteiger partial charge in [-0.2, -0.15) is 5.10 Å². The van der Waals surface area contributed by atoms with Gasteiger partial charge in [0.05, 0.1) is 17.3 Å². The molecule has 1 saturated heterocycles. The number of carbonyl (C=O) groups excluding carboxylic acids is 1. The molecular weight excluding hydrogens is 378 g/mol. The molecule has 1 unspecified atom stereocenters. The first-order chi connectivity index (χ1) is 14.6. The van der Waals surface area contributed by atoms with Crippen LogP contribution in [0.4, 0.5) is 10.5 Å². The molecule has 8 heteroatoms. The molecule has 0 radical (unpaired) electrons. The zero-order valence-corrected chi connectivity index (χ0v) is 17.0. The number of amides is 2. The molecule has 0 aliphatic carbocycles. The summed E-state index contributed by atoms with van der Waals surface area (Å²) < 4.78 is 3.61. The summed E-state index contributed by atoms with van der Waals surface area (Å²) >= 11 is 0. The molecule has 152 valence electrons. The van der Waals surface area contributed by atoms with Crippen molar-refractivity contribution in [1.82, 2.24) is 29.5 Å². The number of rotatable bonds is 3. The van der Waals surface area contributed by atoms with Gasteiger partial charge >= 0.3 is 6.03 Å². The van der Waals surface area contributed by atoms with Crippen LogP contribution in [0.5, 0.6) is 0 Å². The standard InChI is InChI=1S/C22H23N7O/c1-15-5-3-6-17(13-15)24-22(30)28-12-4-7-19(28)21-20-9-8-16(14-29(20)26-25-21)18-10-11-23-27(18)2/h3,5-6,8-11,13-14,19H,4,7,12H2,1-2H3,(H,24,30). The molecule has 0 spiro atoms. The summed E-state index contributed by atoms with van der Waals surface area (Å²) in [7, 11) is 1.91. The van der Waals surface area contributed by atoms with E-state index in [2.05, 4.69) is 20.7 Å². The van der Waals surface area contributed by atoms with Gasteiger partial charge in [0.15, 0.2) is 0 Å². The number of hydrogen-bond donors (Lipinski definition) is 1. The van der Waals surface area contributed by atoms with Gasteiger partial charge < -0.3 is 10.2 Å². The van der Waals surface area contributed by atoms with Crippen LogP contribution in [0.3, 0.4) is 0 Å². The summed E-state index contributed by atoms with van der Waals surface area (Å²) in [4.78, 5) is 14.8. The quantitative estimate of drug-likeness (QED) is 0.566. The molecule has 0 bridgehead atoms. The van der Waals surface area contributed by atoms with E-state index in [4.69, 9.17) is 0 Å². The third kappa shape index (κ3) is 3.20. The Morgan fingerprint density at radius 3 is 2.90 bits per heavy atom. The molecule has 1 aliphatic rings. The highest BCUT2D eigenvalue weighted by Gasteiger charge is 2.33. The van der Waals surface area contributed by atoms with Crippen molar-refractivity contribution in [2.75, 3.05) is 11.9 Å². The first kappa shape index (κ1) is 18.4. The summed E-state index contributed by atoms with van der Waals surface area (Å²) in [5, 5.41) is 16.0. The average molecular weight is 401 g/mol. The van der Waals surface area contributed by atoms with Gasteiger partial charge in [0.1, 0.15) is 5.69 Å². The minimum Gasteiger partial charge on any atom is -0.316 e. The van der Waals surface area contributed by atoms with E-state index in [0.29, 0.717) is 6.54 Å². The summed E-state index contributed by atoms with van der Waals surface area (Å²) in [5.74, 6) is 0. The van der Waals surface area contributed by atoms with Gasteiger partial charge in [0, 0.05) is 37.2 Å². The van der Waals surface area contributed by atoms with Crippen LogP contribution in [0.2, 0.25) is 0 Å². The fraction of sp³-hybridized carbons (Fsp3) is 0.273. The molecule has 5 rings (SSSR count). The van der Waals surface area contributed by atoms with Crippen molar-refractivity contribution in [1.29, 1.82) is 0 Å². The Bertz CT molecular complexity index is 1230. The molecule has 3 aromatic heterocycles. The SMILES string of the molecule is Cc1cccc(NC(=O)N2CCCC2c2nnn3cc(-c4ccnn4C)ccc23)c1. The zero-order valence-electron chi connectivity index (χ0n) is 17.0. The van der Waals surface area contributed by atoms with Crippen LogP contribution >= 0.6 is 0 Å². The average Bonchev–Trinajstić information content (AvgIpc) is 3.46. The van der Waals surface area contributed by atoms with Crippen molar-refractivity contribution in [3.8, 4) is 11.3 Å². The normalized spacial score (nSPS) is 16.3. The lowest BCUT2D eigenvalue weighted by atomic mass is 10.1. The van der Waals surface area contributed by atoms with E-state index >= 15 is 0 Å². The molecule has 2 amide bonds. The van der Waals surface area contributed by atoms with Crippen LogP contribution in [0.25, 0.3) is 16.8 Å². The summed E-state index contributed by atoms with van der Waals surface area (Å²) in [6.45, 7) is 2.71. The number of urea groups is 1. The van der Waals surface area contributed by atoms with Gasteiger partial charge in [-0.3, -0.25) is 4.68 Å². The van der Waals surface area contributed by atoms with Gasteiger partial charge in [0.2, 0.25) is 0 Å². The first-order valence-electron chi connectivity index (χ1n) is 10.1. The van der Waals surface area contributed by atoms with E-state index in [0.717, 1.165) is 46.6 Å². The molecule has 0 saturated carbocycles. The maximum atomic E-state index is 13.0. The van der Waals surface area contributed by atoms with Crippen LogP contribution in [0, 0.1) is 6.92 Å². The second-order valence-electron chi connectivity index (χ2n) is 7.71. The van der Waals surface area contributed by atoms with E-state index in [1.54, 1.807) is 10.7 Å². The Morgan fingerprint density at radius 2 is 2.10 bits per heavy atom. The lowest BCUT2D eigenvalue weighted by molar-refractivity contribution is 0.206. The third-order valence-corrected chi connectivity index (χ3v) is 5.66. The Hall–Kier alpha value is -3.68. The number of hydrogen-bond acceptors (Lipinski definition) is 4. The molecule has 1 atom stereocenters. The lowest BCUT2D eigenvalue weighted by Crippen LogP contribution is -2.34. The molecule has 8 nitrogen and oxygen atoms in total. The molecule has 4 heterocycles. The first-order valence-corrected chi connectivity index (χ1v) is 10.1. The number of pyridine rings is 1. The fourth-order valence-corrected chi connectivity index (χ4v) is 4.17. The summed E-state index contributed by atoms with van der Waals surface area (Å²) in [5.41, 5.74) is 5.69. The summed E-state index contributed by atoms with van der Waals surface area (Å²) in [6, 6.07) is 13.7. The number of anilines is 1. The van der Waals surface area contributed by atoms with Gasteiger partial charge in [-0.1, -0.05) is 17.3 Å². The van der Waals surface area contributed by atoms with E-state index in [1.807, 2.05) is 72.2 Å². The molecule has 1 N–H and O–H groups in total. The Labute approximate surface area is 174 Å². The molecule has 1 fully saturated rings. The minimum atomic E-state index is -0.101. The summed E-state index contributed by atoms with van der Waals surface area (Å²) in [6.07, 6.45) is 5.54. The number of likely N-dealkylation sites (tertiary alicyclic amines) is 1. The molecule has 4 aromatic rings. The largest absolute Gasteiger partial charge is 0.322 e. The van der Waals surface area contributed by atoms with Crippen molar-refractivity contribution >= 4 is 17.2 Å². The predicted molar refractivity (Wildman–Crippen MR) is 114 cm³/mol. The minimum absolute atomic E-state index is 0.0881. The molecular formula is C22H23N7O.